The van der Waals surface area contributed by atoms with E-state index in [1.165, 1.54) is 0 Å². The average molecular weight is 329 g/mol. The SMILES string of the molecule is CCOC(=O)C1CCCCN1Cc1cc(=O)n2cc(C)ccc2n1. The van der Waals surface area contributed by atoms with Crippen molar-refractivity contribution in [2.75, 3.05) is 13.2 Å². The smallest absolute Gasteiger partial charge is 0.323 e. The Hall–Kier alpha value is -2.21. The molecule has 0 saturated carbocycles. The summed E-state index contributed by atoms with van der Waals surface area (Å²) in [5, 5.41) is 0. The van der Waals surface area contributed by atoms with E-state index in [0.717, 1.165) is 31.4 Å². The van der Waals surface area contributed by atoms with Crippen LogP contribution in [0.5, 0.6) is 0 Å². The molecule has 128 valence electrons. The summed E-state index contributed by atoms with van der Waals surface area (Å²) in [6.07, 6.45) is 4.65. The van der Waals surface area contributed by atoms with Crippen LogP contribution in [0.15, 0.2) is 29.2 Å². The van der Waals surface area contributed by atoms with Crippen molar-refractivity contribution in [3.05, 3.63) is 46.0 Å². The Kier molecular flexibility index (Phi) is 4.94. The molecule has 24 heavy (non-hydrogen) atoms. The number of carbonyl (C=O) groups is 1. The molecular formula is C18H23N3O3. The zero-order valence-electron chi connectivity index (χ0n) is 14.2. The third-order valence-electron chi connectivity index (χ3n) is 4.40. The number of hydrogen-bond acceptors (Lipinski definition) is 5. The molecule has 0 radical (unpaired) electrons. The van der Waals surface area contributed by atoms with E-state index in [1.807, 2.05) is 26.0 Å². The molecule has 0 amide bonds. The maximum Gasteiger partial charge on any atom is 0.323 e. The lowest BCUT2D eigenvalue weighted by molar-refractivity contribution is -0.151. The van der Waals surface area contributed by atoms with Gasteiger partial charge in [0.15, 0.2) is 0 Å². The number of carbonyl (C=O) groups excluding carboxylic acids is 1. The first-order chi connectivity index (χ1) is 11.6. The van der Waals surface area contributed by atoms with Crippen LogP contribution in [0.3, 0.4) is 0 Å². The molecule has 0 bridgehead atoms. The zero-order chi connectivity index (χ0) is 17.1. The van der Waals surface area contributed by atoms with Crippen LogP contribution < -0.4 is 5.56 Å². The van der Waals surface area contributed by atoms with Gasteiger partial charge in [-0.25, -0.2) is 4.98 Å². The molecule has 0 spiro atoms. The first-order valence-electron chi connectivity index (χ1n) is 8.48. The maximum atomic E-state index is 12.3. The second-order valence-electron chi connectivity index (χ2n) is 6.25. The van der Waals surface area contributed by atoms with Crippen LogP contribution in [0.4, 0.5) is 0 Å². The molecule has 0 N–H and O–H groups in total. The number of piperidine rings is 1. The van der Waals surface area contributed by atoms with E-state index in [2.05, 4.69) is 9.88 Å². The Morgan fingerprint density at radius 1 is 1.38 bits per heavy atom. The average Bonchev–Trinajstić information content (AvgIpc) is 2.56. The summed E-state index contributed by atoms with van der Waals surface area (Å²) < 4.78 is 6.74. The van der Waals surface area contributed by atoms with Gasteiger partial charge in [0.25, 0.3) is 5.56 Å². The predicted octanol–water partition coefficient (Wildman–Crippen LogP) is 1.92. The molecule has 1 unspecified atom stereocenters. The number of rotatable bonds is 4. The van der Waals surface area contributed by atoms with E-state index in [0.29, 0.717) is 24.5 Å². The van der Waals surface area contributed by atoms with Crippen LogP contribution >= 0.6 is 0 Å². The highest BCUT2D eigenvalue weighted by atomic mass is 16.5. The molecule has 6 nitrogen and oxygen atoms in total. The molecular weight excluding hydrogens is 306 g/mol. The van der Waals surface area contributed by atoms with Gasteiger partial charge in [0.1, 0.15) is 11.7 Å². The van der Waals surface area contributed by atoms with Crippen molar-refractivity contribution in [2.24, 2.45) is 0 Å². The van der Waals surface area contributed by atoms with E-state index in [1.54, 1.807) is 16.7 Å². The third-order valence-corrected chi connectivity index (χ3v) is 4.40. The minimum atomic E-state index is -0.239. The van der Waals surface area contributed by atoms with Gasteiger partial charge in [0, 0.05) is 18.8 Å². The van der Waals surface area contributed by atoms with Crippen LogP contribution in [0.2, 0.25) is 0 Å². The Morgan fingerprint density at radius 2 is 2.21 bits per heavy atom. The van der Waals surface area contributed by atoms with Crippen molar-refractivity contribution in [3.63, 3.8) is 0 Å². The van der Waals surface area contributed by atoms with E-state index in [-0.39, 0.29) is 17.6 Å². The number of nitrogens with zero attached hydrogens (tertiary/aromatic N) is 3. The number of ether oxygens (including phenoxy) is 1. The number of aryl methyl sites for hydroxylation is 1. The quantitative estimate of drug-likeness (QED) is 0.802. The molecule has 0 aliphatic carbocycles. The Bertz CT molecular complexity index is 800. The van der Waals surface area contributed by atoms with Gasteiger partial charge < -0.3 is 4.74 Å². The summed E-state index contributed by atoms with van der Waals surface area (Å²) in [6.45, 7) is 5.45. The summed E-state index contributed by atoms with van der Waals surface area (Å²) in [5.74, 6) is -0.176. The summed E-state index contributed by atoms with van der Waals surface area (Å²) >= 11 is 0. The van der Waals surface area contributed by atoms with E-state index < -0.39 is 0 Å². The van der Waals surface area contributed by atoms with Crippen LogP contribution in [-0.4, -0.2) is 39.4 Å². The van der Waals surface area contributed by atoms with Crippen LogP contribution in [-0.2, 0) is 16.1 Å². The lowest BCUT2D eigenvalue weighted by Crippen LogP contribution is -2.45. The van der Waals surface area contributed by atoms with Crippen molar-refractivity contribution in [1.29, 1.82) is 0 Å². The second kappa shape index (κ2) is 7.13. The number of likely N-dealkylation sites (tertiary alicyclic amines) is 1. The van der Waals surface area contributed by atoms with Gasteiger partial charge in [-0.3, -0.25) is 18.9 Å². The fourth-order valence-corrected chi connectivity index (χ4v) is 3.23. The lowest BCUT2D eigenvalue weighted by Gasteiger charge is -2.33. The number of aromatic nitrogens is 2. The minimum absolute atomic E-state index is 0.0941. The van der Waals surface area contributed by atoms with Gasteiger partial charge >= 0.3 is 5.97 Å². The van der Waals surface area contributed by atoms with Gasteiger partial charge in [-0.1, -0.05) is 12.5 Å². The first-order valence-corrected chi connectivity index (χ1v) is 8.48. The molecule has 1 atom stereocenters. The number of pyridine rings is 1. The summed E-state index contributed by atoms with van der Waals surface area (Å²) in [7, 11) is 0. The Labute approximate surface area is 141 Å². The minimum Gasteiger partial charge on any atom is -0.465 e. The van der Waals surface area contributed by atoms with E-state index in [4.69, 9.17) is 4.74 Å². The first kappa shape index (κ1) is 16.6. The van der Waals surface area contributed by atoms with Crippen LogP contribution in [0.1, 0.15) is 37.4 Å². The predicted molar refractivity (Wildman–Crippen MR) is 90.9 cm³/mol. The van der Waals surface area contributed by atoms with Crippen molar-refractivity contribution < 1.29 is 9.53 Å². The molecule has 6 heteroatoms. The normalized spacial score (nSPS) is 18.7. The zero-order valence-corrected chi connectivity index (χ0v) is 14.2. The molecule has 2 aromatic rings. The van der Waals surface area contributed by atoms with E-state index in [9.17, 15) is 9.59 Å². The number of hydrogen-bond donors (Lipinski definition) is 0. The van der Waals surface area contributed by atoms with Crippen molar-refractivity contribution in [3.8, 4) is 0 Å². The summed E-state index contributed by atoms with van der Waals surface area (Å²) in [6, 6.07) is 5.10. The molecule has 0 aromatic carbocycles. The lowest BCUT2D eigenvalue weighted by atomic mass is 10.0. The molecule has 3 heterocycles. The largest absolute Gasteiger partial charge is 0.465 e. The fraction of sp³-hybridized carbons (Fsp3) is 0.500. The molecule has 1 aliphatic heterocycles. The van der Waals surface area contributed by atoms with E-state index >= 15 is 0 Å². The monoisotopic (exact) mass is 329 g/mol. The van der Waals surface area contributed by atoms with Crippen LogP contribution in [0, 0.1) is 6.92 Å². The number of fused-ring (bicyclic) bond motifs is 1. The second-order valence-corrected chi connectivity index (χ2v) is 6.25. The number of esters is 1. The van der Waals surface area contributed by atoms with Crippen molar-refractivity contribution in [1.82, 2.24) is 14.3 Å². The Morgan fingerprint density at radius 3 is 3.00 bits per heavy atom. The summed E-state index contributed by atoms with van der Waals surface area (Å²) in [5.41, 5.74) is 2.24. The van der Waals surface area contributed by atoms with Crippen molar-refractivity contribution >= 4 is 11.6 Å². The molecule has 2 aromatic heterocycles. The molecule has 1 fully saturated rings. The fourth-order valence-electron chi connectivity index (χ4n) is 3.23. The topological polar surface area (TPSA) is 63.9 Å². The molecule has 3 rings (SSSR count). The van der Waals surface area contributed by atoms with Gasteiger partial charge in [-0.05, 0) is 44.9 Å². The Balaban J connectivity index is 1.86. The highest BCUT2D eigenvalue weighted by Crippen LogP contribution is 2.20. The maximum absolute atomic E-state index is 12.3. The van der Waals surface area contributed by atoms with Gasteiger partial charge in [-0.15, -0.1) is 0 Å². The van der Waals surface area contributed by atoms with Gasteiger partial charge in [0.05, 0.1) is 12.3 Å². The molecule has 1 saturated heterocycles. The van der Waals surface area contributed by atoms with Gasteiger partial charge in [0.2, 0.25) is 0 Å². The highest BCUT2D eigenvalue weighted by Gasteiger charge is 2.30. The highest BCUT2D eigenvalue weighted by molar-refractivity contribution is 5.75. The van der Waals surface area contributed by atoms with Crippen LogP contribution in [0.25, 0.3) is 5.65 Å². The van der Waals surface area contributed by atoms with Gasteiger partial charge in [-0.2, -0.15) is 0 Å². The standard InChI is InChI=1S/C18H23N3O3/c1-3-24-18(23)15-6-4-5-9-20(15)12-14-10-17(22)21-11-13(2)7-8-16(21)19-14/h7-8,10-11,15H,3-6,9,12H2,1-2H3. The summed E-state index contributed by atoms with van der Waals surface area (Å²) in [4.78, 5) is 31.1. The van der Waals surface area contributed by atoms with Crippen molar-refractivity contribution in [2.45, 2.75) is 45.7 Å². The molecule has 1 aliphatic rings. The third kappa shape index (κ3) is 3.48.